The minimum absolute atomic E-state index is 1.11. The van der Waals surface area contributed by atoms with Gasteiger partial charge in [0, 0.05) is 6.54 Å². The van der Waals surface area contributed by atoms with Gasteiger partial charge in [-0.2, -0.15) is 0 Å². The molecule has 0 fully saturated rings. The lowest BCUT2D eigenvalue weighted by atomic mass is 10.3. The minimum Gasteiger partial charge on any atom is -0.259 e. The molecule has 0 bridgehead atoms. The molecule has 1 heterocycles. The Labute approximate surface area is 76.3 Å². The summed E-state index contributed by atoms with van der Waals surface area (Å²) in [5.74, 6) is 0. The molecule has 0 saturated carbocycles. The summed E-state index contributed by atoms with van der Waals surface area (Å²) in [7, 11) is 0. The molecular weight excluding hydrogens is 174 g/mol. The van der Waals surface area contributed by atoms with Gasteiger partial charge in [0.2, 0.25) is 0 Å². The van der Waals surface area contributed by atoms with E-state index in [9.17, 15) is 0 Å². The highest BCUT2D eigenvalue weighted by Gasteiger charge is 1.91. The van der Waals surface area contributed by atoms with Crippen LogP contribution in [0.1, 0.15) is 19.8 Å². The predicted molar refractivity (Wildman–Crippen MR) is 53.1 cm³/mol. The summed E-state index contributed by atoms with van der Waals surface area (Å²) in [6.45, 7) is 3.32. The zero-order valence-corrected chi connectivity index (χ0v) is 8.30. The smallest absolute Gasteiger partial charge is 0.0751 e. The fraction of sp³-hybridized carbons (Fsp3) is 0.500. The van der Waals surface area contributed by atoms with Gasteiger partial charge in [0.05, 0.1) is 4.21 Å². The van der Waals surface area contributed by atoms with E-state index >= 15 is 0 Å². The predicted octanol–water partition coefficient (Wildman–Crippen LogP) is 3.14. The van der Waals surface area contributed by atoms with Crippen molar-refractivity contribution in [2.75, 3.05) is 6.54 Å². The van der Waals surface area contributed by atoms with Crippen molar-refractivity contribution in [3.05, 3.63) is 17.5 Å². The van der Waals surface area contributed by atoms with Crippen LogP contribution < -0.4 is 4.72 Å². The molecule has 1 rings (SSSR count). The molecule has 0 atom stereocenters. The standard InChI is InChI=1S/C8H13NS2/c1-2-3-6-9-11-8-5-4-7-10-8/h4-5,7,9H,2-3,6H2,1H3. The first-order valence-electron chi connectivity index (χ1n) is 3.86. The lowest BCUT2D eigenvalue weighted by Gasteiger charge is -1.98. The summed E-state index contributed by atoms with van der Waals surface area (Å²) in [6, 6.07) is 4.21. The van der Waals surface area contributed by atoms with Crippen LogP contribution in [0.25, 0.3) is 0 Å². The first kappa shape index (κ1) is 9.10. The van der Waals surface area contributed by atoms with E-state index in [2.05, 4.69) is 29.2 Å². The van der Waals surface area contributed by atoms with Gasteiger partial charge in [-0.15, -0.1) is 11.3 Å². The Morgan fingerprint density at radius 1 is 1.64 bits per heavy atom. The van der Waals surface area contributed by atoms with Crippen molar-refractivity contribution in [2.24, 2.45) is 0 Å². The van der Waals surface area contributed by atoms with Gasteiger partial charge in [-0.1, -0.05) is 19.4 Å². The average molecular weight is 187 g/mol. The molecule has 3 heteroatoms. The van der Waals surface area contributed by atoms with E-state index in [0.717, 1.165) is 6.54 Å². The lowest BCUT2D eigenvalue weighted by molar-refractivity contribution is 0.776. The van der Waals surface area contributed by atoms with Crippen LogP contribution in [0.2, 0.25) is 0 Å². The lowest BCUT2D eigenvalue weighted by Crippen LogP contribution is -2.03. The normalized spacial score (nSPS) is 10.3. The Morgan fingerprint density at radius 3 is 3.18 bits per heavy atom. The number of nitrogens with one attached hydrogen (secondary N) is 1. The van der Waals surface area contributed by atoms with Crippen molar-refractivity contribution in [1.82, 2.24) is 4.72 Å². The Hall–Kier alpha value is 0.01000. The Morgan fingerprint density at radius 2 is 2.55 bits per heavy atom. The van der Waals surface area contributed by atoms with Crippen LogP contribution >= 0.6 is 23.3 Å². The topological polar surface area (TPSA) is 12.0 Å². The molecule has 0 unspecified atom stereocenters. The zero-order chi connectivity index (χ0) is 7.94. The number of rotatable bonds is 5. The Balaban J connectivity index is 2.04. The van der Waals surface area contributed by atoms with Crippen LogP contribution in [0.15, 0.2) is 21.7 Å². The summed E-state index contributed by atoms with van der Waals surface area (Å²) in [5, 5.41) is 2.10. The van der Waals surface area contributed by atoms with Crippen molar-refractivity contribution >= 4 is 23.3 Å². The van der Waals surface area contributed by atoms with Crippen LogP contribution in [0, 0.1) is 0 Å². The third-order valence-corrected chi connectivity index (χ3v) is 3.19. The van der Waals surface area contributed by atoms with Crippen molar-refractivity contribution in [1.29, 1.82) is 0 Å². The number of unbranched alkanes of at least 4 members (excludes halogenated alkanes) is 1. The van der Waals surface area contributed by atoms with E-state index in [-0.39, 0.29) is 0 Å². The highest BCUT2D eigenvalue weighted by Crippen LogP contribution is 2.19. The highest BCUT2D eigenvalue weighted by atomic mass is 32.2. The maximum Gasteiger partial charge on any atom is 0.0751 e. The van der Waals surface area contributed by atoms with Gasteiger partial charge < -0.3 is 0 Å². The quantitative estimate of drug-likeness (QED) is 0.561. The molecule has 62 valence electrons. The molecule has 11 heavy (non-hydrogen) atoms. The second kappa shape index (κ2) is 5.63. The van der Waals surface area contributed by atoms with Gasteiger partial charge in [-0.05, 0) is 29.8 Å². The fourth-order valence-electron chi connectivity index (χ4n) is 0.693. The summed E-state index contributed by atoms with van der Waals surface area (Å²) in [5.41, 5.74) is 0. The highest BCUT2D eigenvalue weighted by molar-refractivity contribution is 7.99. The maximum absolute atomic E-state index is 3.32. The van der Waals surface area contributed by atoms with Gasteiger partial charge in [0.1, 0.15) is 0 Å². The Bertz CT molecular complexity index is 172. The van der Waals surface area contributed by atoms with E-state index in [4.69, 9.17) is 0 Å². The van der Waals surface area contributed by atoms with Gasteiger partial charge in [-0.25, -0.2) is 0 Å². The fourth-order valence-corrected chi connectivity index (χ4v) is 2.21. The van der Waals surface area contributed by atoms with E-state index < -0.39 is 0 Å². The van der Waals surface area contributed by atoms with Crippen LogP contribution in [-0.4, -0.2) is 6.54 Å². The Kier molecular flexibility index (Phi) is 4.66. The van der Waals surface area contributed by atoms with Crippen molar-refractivity contribution in [3.63, 3.8) is 0 Å². The second-order valence-corrected chi connectivity index (χ2v) is 4.42. The molecular formula is C8H13NS2. The number of thiophene rings is 1. The molecule has 1 aromatic heterocycles. The van der Waals surface area contributed by atoms with E-state index in [0.29, 0.717) is 0 Å². The number of hydrogen-bond donors (Lipinski definition) is 1. The van der Waals surface area contributed by atoms with Gasteiger partial charge in [0.25, 0.3) is 0 Å². The SMILES string of the molecule is CCCCNSc1cccs1. The van der Waals surface area contributed by atoms with Crippen molar-refractivity contribution in [3.8, 4) is 0 Å². The zero-order valence-electron chi connectivity index (χ0n) is 6.67. The van der Waals surface area contributed by atoms with E-state index in [1.54, 1.807) is 23.3 Å². The van der Waals surface area contributed by atoms with Crippen LogP contribution in [0.4, 0.5) is 0 Å². The first-order chi connectivity index (χ1) is 5.43. The molecule has 0 aliphatic heterocycles. The molecule has 0 aliphatic carbocycles. The number of hydrogen-bond acceptors (Lipinski definition) is 3. The molecule has 1 nitrogen and oxygen atoms in total. The largest absolute Gasteiger partial charge is 0.259 e. The van der Waals surface area contributed by atoms with Crippen LogP contribution in [0.5, 0.6) is 0 Å². The second-order valence-electron chi connectivity index (χ2n) is 2.28. The maximum atomic E-state index is 3.32. The summed E-state index contributed by atoms with van der Waals surface area (Å²) in [6.07, 6.45) is 2.52. The third kappa shape index (κ3) is 3.79. The van der Waals surface area contributed by atoms with Gasteiger partial charge in [0.15, 0.2) is 0 Å². The van der Waals surface area contributed by atoms with E-state index in [1.165, 1.54) is 17.1 Å². The van der Waals surface area contributed by atoms with Crippen molar-refractivity contribution in [2.45, 2.75) is 24.0 Å². The molecule has 0 aromatic carbocycles. The molecule has 0 amide bonds. The molecule has 0 aliphatic rings. The average Bonchev–Trinajstić information content (AvgIpc) is 2.50. The minimum atomic E-state index is 1.11. The molecule has 0 radical (unpaired) electrons. The molecule has 1 aromatic rings. The molecule has 0 spiro atoms. The van der Waals surface area contributed by atoms with E-state index in [1.807, 2.05) is 0 Å². The third-order valence-electron chi connectivity index (χ3n) is 1.30. The molecule has 1 N–H and O–H groups in total. The van der Waals surface area contributed by atoms with Crippen LogP contribution in [-0.2, 0) is 0 Å². The summed E-state index contributed by atoms with van der Waals surface area (Å²) < 4.78 is 4.66. The van der Waals surface area contributed by atoms with Crippen molar-refractivity contribution < 1.29 is 0 Å². The van der Waals surface area contributed by atoms with Gasteiger partial charge >= 0.3 is 0 Å². The monoisotopic (exact) mass is 187 g/mol. The summed E-state index contributed by atoms with van der Waals surface area (Å²) >= 11 is 3.52. The first-order valence-corrected chi connectivity index (χ1v) is 5.56. The molecule has 0 saturated heterocycles. The summed E-state index contributed by atoms with van der Waals surface area (Å²) in [4.78, 5) is 0. The van der Waals surface area contributed by atoms with Gasteiger partial charge in [-0.3, -0.25) is 4.72 Å². The van der Waals surface area contributed by atoms with Crippen LogP contribution in [0.3, 0.4) is 0 Å².